The fraction of sp³-hybridized carbons (Fsp3) is 0.440. The summed E-state index contributed by atoms with van der Waals surface area (Å²) in [7, 11) is 3.56. The third-order valence-electron chi connectivity index (χ3n) is 6.36. The number of likely N-dealkylation sites (tertiary alicyclic amines) is 1. The number of nitriles is 1. The number of alkyl halides is 3. The van der Waals surface area contributed by atoms with Crippen LogP contribution in [-0.4, -0.2) is 66.9 Å². The fourth-order valence-electron chi connectivity index (χ4n) is 4.45. The first-order chi connectivity index (χ1) is 16.9. The summed E-state index contributed by atoms with van der Waals surface area (Å²) >= 11 is 12.3. The van der Waals surface area contributed by atoms with E-state index in [0.29, 0.717) is 41.7 Å². The molecule has 36 heavy (non-hydrogen) atoms. The fourth-order valence-corrected chi connectivity index (χ4v) is 4.76. The van der Waals surface area contributed by atoms with Crippen molar-refractivity contribution in [3.05, 3.63) is 69.0 Å². The number of rotatable bonds is 8. The summed E-state index contributed by atoms with van der Waals surface area (Å²) in [6.45, 7) is 1.57. The number of carbonyl (C=O) groups excluding carboxylic acids is 1. The van der Waals surface area contributed by atoms with Gasteiger partial charge in [0.25, 0.3) is 0 Å². The number of hydrogen-bond acceptors (Lipinski definition) is 4. The zero-order chi connectivity index (χ0) is 26.6. The minimum atomic E-state index is -4.76. The Bertz CT molecular complexity index is 1140. The smallest absolute Gasteiger partial charge is 0.339 e. The highest BCUT2D eigenvalue weighted by molar-refractivity contribution is 6.42. The lowest BCUT2D eigenvalue weighted by molar-refractivity contribution is -0.140. The first-order valence-corrected chi connectivity index (χ1v) is 12.0. The third kappa shape index (κ3) is 6.88. The first-order valence-electron chi connectivity index (χ1n) is 11.2. The van der Waals surface area contributed by atoms with Crippen LogP contribution in [0.15, 0.2) is 36.4 Å². The topological polar surface area (TPSA) is 50.6 Å². The molecule has 1 heterocycles. The third-order valence-corrected chi connectivity index (χ3v) is 7.10. The van der Waals surface area contributed by atoms with Crippen molar-refractivity contribution in [3.63, 3.8) is 0 Å². The van der Waals surface area contributed by atoms with Gasteiger partial charge in [-0.25, -0.2) is 4.39 Å². The van der Waals surface area contributed by atoms with E-state index < -0.39 is 17.6 Å². The van der Waals surface area contributed by atoms with Crippen LogP contribution in [0, 0.1) is 17.1 Å². The molecule has 1 aliphatic heterocycles. The van der Waals surface area contributed by atoms with E-state index in [1.54, 1.807) is 36.0 Å². The van der Waals surface area contributed by atoms with Gasteiger partial charge in [-0.1, -0.05) is 35.3 Å². The molecular weight excluding hydrogens is 519 g/mol. The van der Waals surface area contributed by atoms with Crippen LogP contribution in [0.3, 0.4) is 0 Å². The quantitative estimate of drug-likeness (QED) is 0.416. The van der Waals surface area contributed by atoms with Crippen molar-refractivity contribution in [2.24, 2.45) is 0 Å². The Hall–Kier alpha value is -2.38. The van der Waals surface area contributed by atoms with Gasteiger partial charge in [-0.05, 0) is 49.5 Å². The molecule has 2 aromatic carbocycles. The van der Waals surface area contributed by atoms with Gasteiger partial charge in [0.15, 0.2) is 0 Å². The van der Waals surface area contributed by atoms with Crippen LogP contribution in [0.25, 0.3) is 0 Å². The molecular formula is C25H26Cl2F4N4O. The maximum Gasteiger partial charge on any atom is 0.419 e. The zero-order valence-corrected chi connectivity index (χ0v) is 21.3. The van der Waals surface area contributed by atoms with Gasteiger partial charge in [-0.2, -0.15) is 18.4 Å². The standard InChI is InChI=1S/C25H26Cl2F4N4O/c1-33(9-3-8-32)15-24(36)35-13-18(17-5-7-20(26)21(27)11-17)23(14-35)34(2)12-16-4-6-19(22(28)10-16)25(29,30)31/h4-7,10-11,18,23H,3,9,12-15H2,1-2H3/t18-,23-/m1/s1. The summed E-state index contributed by atoms with van der Waals surface area (Å²) in [5.41, 5.74) is -0.0503. The molecule has 1 amide bonds. The van der Waals surface area contributed by atoms with Crippen LogP contribution in [0.2, 0.25) is 10.0 Å². The molecule has 1 aliphatic rings. The molecule has 0 aliphatic carbocycles. The molecule has 5 nitrogen and oxygen atoms in total. The van der Waals surface area contributed by atoms with Crippen LogP contribution >= 0.6 is 23.2 Å². The normalized spacial score (nSPS) is 18.2. The van der Waals surface area contributed by atoms with Gasteiger partial charge in [0.2, 0.25) is 5.91 Å². The van der Waals surface area contributed by atoms with Crippen LogP contribution in [-0.2, 0) is 17.5 Å². The molecule has 11 heteroatoms. The molecule has 0 aromatic heterocycles. The van der Waals surface area contributed by atoms with Gasteiger partial charge in [0.05, 0.1) is 28.2 Å². The predicted molar refractivity (Wildman–Crippen MR) is 130 cm³/mol. The van der Waals surface area contributed by atoms with Crippen LogP contribution in [0.5, 0.6) is 0 Å². The lowest BCUT2D eigenvalue weighted by Gasteiger charge is -2.29. The Labute approximate surface area is 217 Å². The zero-order valence-electron chi connectivity index (χ0n) is 19.8. The van der Waals surface area contributed by atoms with E-state index in [4.69, 9.17) is 28.5 Å². The predicted octanol–water partition coefficient (Wildman–Crippen LogP) is 5.42. The average Bonchev–Trinajstić information content (AvgIpc) is 3.24. The number of hydrogen-bond donors (Lipinski definition) is 0. The highest BCUT2D eigenvalue weighted by atomic mass is 35.5. The van der Waals surface area contributed by atoms with Crippen LogP contribution < -0.4 is 0 Å². The molecule has 0 radical (unpaired) electrons. The largest absolute Gasteiger partial charge is 0.419 e. The Kier molecular flexibility index (Phi) is 9.23. The lowest BCUT2D eigenvalue weighted by atomic mass is 9.93. The van der Waals surface area contributed by atoms with Gasteiger partial charge < -0.3 is 4.90 Å². The van der Waals surface area contributed by atoms with Gasteiger partial charge in [-0.15, -0.1) is 0 Å². The Balaban J connectivity index is 1.82. The lowest BCUT2D eigenvalue weighted by Crippen LogP contribution is -2.40. The molecule has 1 fully saturated rings. The van der Waals surface area contributed by atoms with E-state index in [2.05, 4.69) is 6.07 Å². The Morgan fingerprint density at radius 3 is 2.47 bits per heavy atom. The van der Waals surface area contributed by atoms with Crippen molar-refractivity contribution in [2.75, 3.05) is 40.3 Å². The SMILES string of the molecule is CN(CCC#N)CC(=O)N1C[C@H](c2ccc(Cl)c(Cl)c2)[C@H](N(C)Cc2ccc(C(F)(F)F)c(F)c2)C1. The molecule has 0 saturated carbocycles. The van der Waals surface area contributed by atoms with Gasteiger partial charge in [-0.3, -0.25) is 14.6 Å². The monoisotopic (exact) mass is 544 g/mol. The van der Waals surface area contributed by atoms with Crippen molar-refractivity contribution in [2.45, 2.75) is 31.1 Å². The maximum atomic E-state index is 14.1. The molecule has 194 valence electrons. The van der Waals surface area contributed by atoms with E-state index >= 15 is 0 Å². The molecule has 1 saturated heterocycles. The molecule has 0 bridgehead atoms. The summed E-state index contributed by atoms with van der Waals surface area (Å²) in [6.07, 6.45) is -4.45. The highest BCUT2D eigenvalue weighted by Gasteiger charge is 2.39. The Morgan fingerprint density at radius 1 is 1.14 bits per heavy atom. The van der Waals surface area contributed by atoms with Crippen molar-refractivity contribution in [3.8, 4) is 6.07 Å². The second kappa shape index (κ2) is 11.8. The summed E-state index contributed by atoms with van der Waals surface area (Å²) in [5.74, 6) is -1.58. The summed E-state index contributed by atoms with van der Waals surface area (Å²) in [4.78, 5) is 18.4. The van der Waals surface area contributed by atoms with Crippen LogP contribution in [0.1, 0.15) is 29.0 Å². The van der Waals surface area contributed by atoms with Crippen molar-refractivity contribution < 1.29 is 22.4 Å². The van der Waals surface area contributed by atoms with E-state index in [0.717, 1.165) is 17.7 Å². The first kappa shape index (κ1) is 28.2. The van der Waals surface area contributed by atoms with E-state index in [9.17, 15) is 22.4 Å². The average molecular weight is 545 g/mol. The van der Waals surface area contributed by atoms with Gasteiger partial charge in [0.1, 0.15) is 5.82 Å². The van der Waals surface area contributed by atoms with Gasteiger partial charge in [0, 0.05) is 44.6 Å². The molecule has 3 rings (SSSR count). The van der Waals surface area contributed by atoms with E-state index in [-0.39, 0.29) is 31.0 Å². The minimum absolute atomic E-state index is 0.100. The second-order valence-electron chi connectivity index (χ2n) is 9.02. The second-order valence-corrected chi connectivity index (χ2v) is 9.83. The molecule has 2 aromatic rings. The molecule has 0 unspecified atom stereocenters. The minimum Gasteiger partial charge on any atom is -0.339 e. The van der Waals surface area contributed by atoms with Crippen molar-refractivity contribution >= 4 is 29.1 Å². The van der Waals surface area contributed by atoms with Crippen molar-refractivity contribution in [1.29, 1.82) is 5.26 Å². The number of likely N-dealkylation sites (N-methyl/N-ethyl adjacent to an activating group) is 2. The number of amides is 1. The number of halogens is 6. The van der Waals surface area contributed by atoms with E-state index in [1.165, 1.54) is 6.07 Å². The van der Waals surface area contributed by atoms with E-state index in [1.807, 2.05) is 11.0 Å². The highest BCUT2D eigenvalue weighted by Crippen LogP contribution is 2.35. The molecule has 0 spiro atoms. The van der Waals surface area contributed by atoms with Crippen LogP contribution in [0.4, 0.5) is 17.6 Å². The summed E-state index contributed by atoms with van der Waals surface area (Å²) < 4.78 is 52.9. The molecule has 2 atom stereocenters. The number of nitrogens with zero attached hydrogens (tertiary/aromatic N) is 4. The number of benzene rings is 2. The number of carbonyl (C=O) groups is 1. The summed E-state index contributed by atoms with van der Waals surface area (Å²) in [5, 5.41) is 9.55. The van der Waals surface area contributed by atoms with Gasteiger partial charge >= 0.3 is 6.18 Å². The summed E-state index contributed by atoms with van der Waals surface area (Å²) in [6, 6.07) is 10.0. The van der Waals surface area contributed by atoms with Crippen molar-refractivity contribution in [1.82, 2.24) is 14.7 Å². The maximum absolute atomic E-state index is 14.1. The Morgan fingerprint density at radius 2 is 1.86 bits per heavy atom. The molecule has 0 N–H and O–H groups in total.